The van der Waals surface area contributed by atoms with Crippen LogP contribution in [0.25, 0.3) is 0 Å². The third-order valence-electron chi connectivity index (χ3n) is 4.17. The number of carbonyl (C=O) groups excluding carboxylic acids is 1. The van der Waals surface area contributed by atoms with Crippen molar-refractivity contribution in [2.24, 2.45) is 5.92 Å². The molecule has 2 rings (SSSR count). The van der Waals surface area contributed by atoms with Crippen LogP contribution in [0, 0.1) is 16.0 Å². The van der Waals surface area contributed by atoms with Crippen LogP contribution in [0.15, 0.2) is 6.07 Å². The highest BCUT2D eigenvalue weighted by atomic mass is 19.4. The van der Waals surface area contributed by atoms with Crippen molar-refractivity contribution in [3.63, 3.8) is 0 Å². The Morgan fingerprint density at radius 2 is 2.08 bits per heavy atom. The second-order valence-corrected chi connectivity index (χ2v) is 5.76. The van der Waals surface area contributed by atoms with E-state index in [9.17, 15) is 28.1 Å². The number of alkyl halides is 3. The predicted molar refractivity (Wildman–Crippen MR) is 87.4 cm³/mol. The van der Waals surface area contributed by atoms with Crippen LogP contribution in [0.4, 0.5) is 30.5 Å². The second-order valence-electron chi connectivity index (χ2n) is 5.76. The fourth-order valence-electron chi connectivity index (χ4n) is 2.83. The number of ether oxygens (including phenoxy) is 1. The molecule has 0 radical (unpaired) electrons. The topological polar surface area (TPSA) is 97.6 Å². The first-order valence-corrected chi connectivity index (χ1v) is 8.05. The Bertz CT molecular complexity index is 688. The van der Waals surface area contributed by atoms with Crippen molar-refractivity contribution < 1.29 is 27.6 Å². The number of aromatic nitrogens is 1. The largest absolute Gasteiger partial charge is 0.462 e. The molecule has 1 aromatic rings. The molecule has 1 fully saturated rings. The van der Waals surface area contributed by atoms with Crippen LogP contribution in [0.2, 0.25) is 0 Å². The van der Waals surface area contributed by atoms with Crippen molar-refractivity contribution >= 4 is 23.3 Å². The molecule has 1 saturated heterocycles. The molecule has 2 heterocycles. The Balaban J connectivity index is 2.40. The number of nitrogens with zero attached hydrogens (tertiary/aromatic N) is 3. The first-order chi connectivity index (χ1) is 12.2. The Hall–Kier alpha value is -2.59. The summed E-state index contributed by atoms with van der Waals surface area (Å²) >= 11 is 0. The average Bonchev–Trinajstić information content (AvgIpc) is 2.60. The van der Waals surface area contributed by atoms with Crippen molar-refractivity contribution in [2.45, 2.75) is 25.9 Å². The minimum atomic E-state index is -4.27. The molecule has 0 bridgehead atoms. The van der Waals surface area contributed by atoms with Crippen molar-refractivity contribution in [3.05, 3.63) is 21.7 Å². The highest BCUT2D eigenvalue weighted by Gasteiger charge is 2.42. The zero-order valence-electron chi connectivity index (χ0n) is 14.3. The summed E-state index contributed by atoms with van der Waals surface area (Å²) in [5.41, 5.74) is -0.549. The molecular weight excluding hydrogens is 357 g/mol. The number of hydrogen-bond acceptors (Lipinski definition) is 7. The normalized spacial score (nSPS) is 15.7. The monoisotopic (exact) mass is 376 g/mol. The first kappa shape index (κ1) is 19.7. The summed E-state index contributed by atoms with van der Waals surface area (Å²) in [6, 6.07) is 1.04. The number of esters is 1. The molecule has 0 unspecified atom stereocenters. The average molecular weight is 376 g/mol. The molecule has 0 aromatic carbocycles. The van der Waals surface area contributed by atoms with Crippen LogP contribution in [0.5, 0.6) is 0 Å². The van der Waals surface area contributed by atoms with Crippen LogP contribution >= 0.6 is 0 Å². The van der Waals surface area contributed by atoms with E-state index in [4.69, 9.17) is 4.74 Å². The minimum Gasteiger partial charge on any atom is -0.462 e. The van der Waals surface area contributed by atoms with Gasteiger partial charge in [0, 0.05) is 26.2 Å². The molecule has 0 aliphatic carbocycles. The minimum absolute atomic E-state index is 0.0323. The molecule has 11 heteroatoms. The number of nitro groups is 1. The zero-order chi connectivity index (χ0) is 19.5. The van der Waals surface area contributed by atoms with E-state index in [1.165, 1.54) is 11.9 Å². The molecular formula is C15H19F3N4O4. The van der Waals surface area contributed by atoms with E-state index < -0.39 is 28.7 Å². The van der Waals surface area contributed by atoms with Crippen molar-refractivity contribution in [3.8, 4) is 0 Å². The van der Waals surface area contributed by atoms with Gasteiger partial charge >= 0.3 is 17.8 Å². The van der Waals surface area contributed by atoms with Crippen molar-refractivity contribution in [1.82, 2.24) is 4.98 Å². The maximum Gasteiger partial charge on any atom is 0.391 e. The number of nitrogens with one attached hydrogen (secondary N) is 1. The van der Waals surface area contributed by atoms with Crippen molar-refractivity contribution in [2.75, 3.05) is 37.0 Å². The van der Waals surface area contributed by atoms with E-state index in [2.05, 4.69) is 10.3 Å². The lowest BCUT2D eigenvalue weighted by Crippen LogP contribution is -2.40. The van der Waals surface area contributed by atoms with Gasteiger partial charge in [-0.2, -0.15) is 13.2 Å². The van der Waals surface area contributed by atoms with Gasteiger partial charge in [-0.05, 0) is 19.8 Å². The Morgan fingerprint density at radius 3 is 2.54 bits per heavy atom. The molecule has 0 atom stereocenters. The smallest absolute Gasteiger partial charge is 0.391 e. The molecule has 8 nitrogen and oxygen atoms in total. The third-order valence-corrected chi connectivity index (χ3v) is 4.17. The number of hydrogen-bond donors (Lipinski definition) is 1. The summed E-state index contributed by atoms with van der Waals surface area (Å²) in [4.78, 5) is 28.3. The Kier molecular flexibility index (Phi) is 5.88. The van der Waals surface area contributed by atoms with Crippen LogP contribution in [0.3, 0.4) is 0 Å². The molecule has 1 aliphatic rings. The summed E-state index contributed by atoms with van der Waals surface area (Å²) < 4.78 is 43.5. The molecule has 1 aliphatic heterocycles. The van der Waals surface area contributed by atoms with Crippen molar-refractivity contribution in [1.29, 1.82) is 0 Å². The molecule has 26 heavy (non-hydrogen) atoms. The molecule has 0 spiro atoms. The quantitative estimate of drug-likeness (QED) is 0.479. The fourth-order valence-corrected chi connectivity index (χ4v) is 2.83. The van der Waals surface area contributed by atoms with Gasteiger partial charge < -0.3 is 15.0 Å². The second kappa shape index (κ2) is 7.75. The first-order valence-electron chi connectivity index (χ1n) is 8.05. The molecule has 1 N–H and O–H groups in total. The zero-order valence-corrected chi connectivity index (χ0v) is 14.3. The van der Waals surface area contributed by atoms with Gasteiger partial charge in [0.15, 0.2) is 0 Å². The number of rotatable bonds is 5. The van der Waals surface area contributed by atoms with Crippen LogP contribution in [0.1, 0.15) is 30.1 Å². The summed E-state index contributed by atoms with van der Waals surface area (Å²) in [7, 11) is 1.43. The standard InChI is InChI=1S/C15H19F3N4O4/c1-3-26-14(23)10-8-11(22(24)25)12(19-2)20-13(10)21-6-4-9(5-7-21)15(16,17)18/h8-9H,3-7H2,1-2H3,(H,19,20). The molecule has 0 amide bonds. The van der Waals surface area contributed by atoms with Gasteiger partial charge in [0.05, 0.1) is 17.4 Å². The van der Waals surface area contributed by atoms with Gasteiger partial charge in [0.1, 0.15) is 11.4 Å². The van der Waals surface area contributed by atoms with E-state index in [0.29, 0.717) is 0 Å². The van der Waals surface area contributed by atoms with Crippen LogP contribution < -0.4 is 10.2 Å². The number of halogens is 3. The van der Waals surface area contributed by atoms with Crippen LogP contribution in [-0.4, -0.2) is 48.8 Å². The van der Waals surface area contributed by atoms with E-state index in [1.54, 1.807) is 6.92 Å². The molecule has 1 aromatic heterocycles. The van der Waals surface area contributed by atoms with E-state index in [0.717, 1.165) is 6.07 Å². The van der Waals surface area contributed by atoms with Gasteiger partial charge in [0.2, 0.25) is 5.82 Å². The number of pyridine rings is 1. The van der Waals surface area contributed by atoms with Crippen LogP contribution in [-0.2, 0) is 4.74 Å². The lowest BCUT2D eigenvalue weighted by atomic mass is 9.96. The third kappa shape index (κ3) is 4.14. The van der Waals surface area contributed by atoms with Gasteiger partial charge in [-0.15, -0.1) is 0 Å². The Labute approximate surface area is 147 Å². The maximum absolute atomic E-state index is 12.8. The SMILES string of the molecule is CCOC(=O)c1cc([N+](=O)[O-])c(NC)nc1N1CCC(C(F)(F)F)CC1. The maximum atomic E-state index is 12.8. The summed E-state index contributed by atoms with van der Waals surface area (Å²) in [5, 5.41) is 13.8. The number of carbonyl (C=O) groups is 1. The van der Waals surface area contributed by atoms with Gasteiger partial charge in [-0.3, -0.25) is 10.1 Å². The van der Waals surface area contributed by atoms with E-state index in [1.807, 2.05) is 0 Å². The number of piperidine rings is 1. The van der Waals surface area contributed by atoms with Gasteiger partial charge in [0.25, 0.3) is 0 Å². The molecule has 0 saturated carbocycles. The fraction of sp³-hybridized carbons (Fsp3) is 0.600. The summed E-state index contributed by atoms with van der Waals surface area (Å²) in [5.74, 6) is -2.21. The summed E-state index contributed by atoms with van der Waals surface area (Å²) in [6.07, 6.45) is -4.55. The van der Waals surface area contributed by atoms with Gasteiger partial charge in [-0.25, -0.2) is 9.78 Å². The number of anilines is 2. The highest BCUT2D eigenvalue weighted by Crippen LogP contribution is 2.37. The highest BCUT2D eigenvalue weighted by molar-refractivity contribution is 5.96. The Morgan fingerprint density at radius 1 is 1.46 bits per heavy atom. The predicted octanol–water partition coefficient (Wildman–Crippen LogP) is 2.99. The lowest BCUT2D eigenvalue weighted by molar-refractivity contribution is -0.384. The van der Waals surface area contributed by atoms with Gasteiger partial charge in [-0.1, -0.05) is 0 Å². The van der Waals surface area contributed by atoms with E-state index in [-0.39, 0.29) is 49.7 Å². The lowest BCUT2D eigenvalue weighted by Gasteiger charge is -2.34. The molecule has 144 valence electrons. The van der Waals surface area contributed by atoms with E-state index >= 15 is 0 Å². The summed E-state index contributed by atoms with van der Waals surface area (Å²) in [6.45, 7) is 1.70.